The van der Waals surface area contributed by atoms with Crippen LogP contribution >= 0.6 is 0 Å². The first-order valence-electron chi connectivity index (χ1n) is 9.15. The Labute approximate surface area is 154 Å². The number of halogens is 1. The summed E-state index contributed by atoms with van der Waals surface area (Å²) in [6, 6.07) is 16.6. The van der Waals surface area contributed by atoms with Crippen LogP contribution in [0, 0.1) is 5.82 Å². The van der Waals surface area contributed by atoms with Crippen LogP contribution in [0.3, 0.4) is 0 Å². The molecule has 5 heteroatoms. The lowest BCUT2D eigenvalue weighted by molar-refractivity contribution is 0.0866. The van der Waals surface area contributed by atoms with E-state index in [9.17, 15) is 9.18 Å². The highest BCUT2D eigenvalue weighted by Gasteiger charge is 2.25. The van der Waals surface area contributed by atoms with Crippen molar-refractivity contribution in [2.75, 3.05) is 39.8 Å². The van der Waals surface area contributed by atoms with Crippen molar-refractivity contribution in [1.82, 2.24) is 15.1 Å². The van der Waals surface area contributed by atoms with E-state index in [0.717, 1.165) is 32.6 Å². The third kappa shape index (κ3) is 4.90. The normalized spacial score (nSPS) is 18.6. The van der Waals surface area contributed by atoms with E-state index in [2.05, 4.69) is 46.4 Å². The molecular formula is C21H26FN3O. The molecule has 1 amide bonds. The average Bonchev–Trinajstić information content (AvgIpc) is 2.67. The summed E-state index contributed by atoms with van der Waals surface area (Å²) in [4.78, 5) is 16.9. The minimum absolute atomic E-state index is 0.150. The molecule has 1 heterocycles. The van der Waals surface area contributed by atoms with Gasteiger partial charge in [0.15, 0.2) is 0 Å². The van der Waals surface area contributed by atoms with Gasteiger partial charge in [0.1, 0.15) is 5.82 Å². The molecule has 138 valence electrons. The van der Waals surface area contributed by atoms with E-state index in [1.807, 2.05) is 6.07 Å². The second-order valence-corrected chi connectivity index (χ2v) is 6.84. The molecule has 4 nitrogen and oxygen atoms in total. The summed E-state index contributed by atoms with van der Waals surface area (Å²) >= 11 is 0. The van der Waals surface area contributed by atoms with Gasteiger partial charge >= 0.3 is 0 Å². The molecule has 1 aliphatic heterocycles. The summed E-state index contributed by atoms with van der Waals surface area (Å²) < 4.78 is 12.9. The zero-order chi connectivity index (χ0) is 18.4. The second kappa shape index (κ2) is 8.92. The van der Waals surface area contributed by atoms with Crippen LogP contribution in [0.15, 0.2) is 54.6 Å². The topological polar surface area (TPSA) is 35.6 Å². The fourth-order valence-electron chi connectivity index (χ4n) is 3.40. The van der Waals surface area contributed by atoms with Crippen LogP contribution in [0.1, 0.15) is 28.4 Å². The van der Waals surface area contributed by atoms with Gasteiger partial charge in [0.25, 0.3) is 5.91 Å². The second-order valence-electron chi connectivity index (χ2n) is 6.84. The Balaban J connectivity index is 1.49. The number of likely N-dealkylation sites (N-methyl/N-ethyl adjacent to an activating group) is 1. The minimum atomic E-state index is -0.330. The highest BCUT2D eigenvalue weighted by Crippen LogP contribution is 2.24. The summed E-state index contributed by atoms with van der Waals surface area (Å²) in [5, 5.41) is 2.92. The first kappa shape index (κ1) is 18.5. The molecule has 3 rings (SSSR count). The predicted molar refractivity (Wildman–Crippen MR) is 102 cm³/mol. The molecule has 0 radical (unpaired) electrons. The van der Waals surface area contributed by atoms with Gasteiger partial charge in [-0.3, -0.25) is 9.69 Å². The minimum Gasteiger partial charge on any atom is -0.352 e. The first-order chi connectivity index (χ1) is 12.6. The number of benzene rings is 2. The number of piperazine rings is 1. The van der Waals surface area contributed by atoms with E-state index in [1.165, 1.54) is 29.8 Å². The Hall–Kier alpha value is -2.24. The molecule has 26 heavy (non-hydrogen) atoms. The van der Waals surface area contributed by atoms with E-state index in [1.54, 1.807) is 0 Å². The molecule has 1 atom stereocenters. The lowest BCUT2D eigenvalue weighted by atomic mass is 10.0. The number of hydrogen-bond acceptors (Lipinski definition) is 3. The molecule has 1 unspecified atom stereocenters. The Morgan fingerprint density at radius 3 is 2.58 bits per heavy atom. The van der Waals surface area contributed by atoms with Gasteiger partial charge in [-0.1, -0.05) is 30.3 Å². The quantitative estimate of drug-likeness (QED) is 0.810. The molecule has 1 aliphatic rings. The monoisotopic (exact) mass is 355 g/mol. The molecule has 2 aromatic rings. The first-order valence-corrected chi connectivity index (χ1v) is 9.15. The maximum Gasteiger partial charge on any atom is 0.251 e. The number of nitrogens with zero attached hydrogens (tertiary/aromatic N) is 2. The SMILES string of the molecule is CN1CCN(CCCNC(=O)c2ccc(F)cc2)C(c2ccccc2)C1. The summed E-state index contributed by atoms with van der Waals surface area (Å²) in [5.41, 5.74) is 1.84. The van der Waals surface area contributed by atoms with E-state index in [0.29, 0.717) is 18.2 Å². The highest BCUT2D eigenvalue weighted by atomic mass is 19.1. The zero-order valence-electron chi connectivity index (χ0n) is 15.2. The van der Waals surface area contributed by atoms with Gasteiger partial charge in [0.05, 0.1) is 0 Å². The molecule has 0 bridgehead atoms. The predicted octanol–water partition coefficient (Wildman–Crippen LogP) is 2.93. The molecule has 2 aromatic carbocycles. The summed E-state index contributed by atoms with van der Waals surface area (Å²) in [6.45, 7) is 4.67. The molecule has 0 spiro atoms. The van der Waals surface area contributed by atoms with Crippen molar-refractivity contribution in [3.8, 4) is 0 Å². The third-order valence-electron chi connectivity index (χ3n) is 4.89. The Morgan fingerprint density at radius 1 is 1.12 bits per heavy atom. The Bertz CT molecular complexity index is 705. The van der Waals surface area contributed by atoms with E-state index >= 15 is 0 Å². The number of nitrogens with one attached hydrogen (secondary N) is 1. The van der Waals surface area contributed by atoms with Gasteiger partial charge < -0.3 is 10.2 Å². The maximum absolute atomic E-state index is 12.9. The van der Waals surface area contributed by atoms with Crippen LogP contribution in [-0.2, 0) is 0 Å². The van der Waals surface area contributed by atoms with Crippen LogP contribution in [0.2, 0.25) is 0 Å². The molecule has 1 fully saturated rings. The van der Waals surface area contributed by atoms with Crippen LogP contribution in [0.25, 0.3) is 0 Å². The number of hydrogen-bond donors (Lipinski definition) is 1. The molecule has 1 N–H and O–H groups in total. The van der Waals surface area contributed by atoms with Crippen LogP contribution in [-0.4, -0.2) is 55.5 Å². The smallest absolute Gasteiger partial charge is 0.251 e. The molecular weight excluding hydrogens is 329 g/mol. The fraction of sp³-hybridized carbons (Fsp3) is 0.381. The van der Waals surface area contributed by atoms with Crippen molar-refractivity contribution in [1.29, 1.82) is 0 Å². The molecule has 0 aliphatic carbocycles. The van der Waals surface area contributed by atoms with Crippen molar-refractivity contribution in [2.45, 2.75) is 12.5 Å². The number of amides is 1. The van der Waals surface area contributed by atoms with Crippen molar-refractivity contribution < 1.29 is 9.18 Å². The van der Waals surface area contributed by atoms with Gasteiger partial charge in [0.2, 0.25) is 0 Å². The van der Waals surface area contributed by atoms with Crippen LogP contribution in [0.4, 0.5) is 4.39 Å². The third-order valence-corrected chi connectivity index (χ3v) is 4.89. The largest absolute Gasteiger partial charge is 0.352 e. The standard InChI is InChI=1S/C21H26FN3O/c1-24-14-15-25(20(16-24)17-6-3-2-4-7-17)13-5-12-23-21(26)18-8-10-19(22)11-9-18/h2-4,6-11,20H,5,12-16H2,1H3,(H,23,26). The fourth-order valence-corrected chi connectivity index (χ4v) is 3.40. The van der Waals surface area contributed by atoms with Crippen molar-refractivity contribution >= 4 is 5.91 Å². The lowest BCUT2D eigenvalue weighted by Crippen LogP contribution is -2.47. The number of rotatable bonds is 6. The average molecular weight is 355 g/mol. The van der Waals surface area contributed by atoms with Crippen molar-refractivity contribution in [2.24, 2.45) is 0 Å². The zero-order valence-corrected chi connectivity index (χ0v) is 15.2. The van der Waals surface area contributed by atoms with Crippen molar-refractivity contribution in [3.05, 3.63) is 71.5 Å². The molecule has 1 saturated heterocycles. The van der Waals surface area contributed by atoms with E-state index in [-0.39, 0.29) is 11.7 Å². The lowest BCUT2D eigenvalue weighted by Gasteiger charge is -2.40. The van der Waals surface area contributed by atoms with E-state index < -0.39 is 0 Å². The van der Waals surface area contributed by atoms with Crippen LogP contribution < -0.4 is 5.32 Å². The van der Waals surface area contributed by atoms with Crippen LogP contribution in [0.5, 0.6) is 0 Å². The van der Waals surface area contributed by atoms with E-state index in [4.69, 9.17) is 0 Å². The van der Waals surface area contributed by atoms with Crippen molar-refractivity contribution in [3.63, 3.8) is 0 Å². The van der Waals surface area contributed by atoms with Gasteiger partial charge in [-0.15, -0.1) is 0 Å². The summed E-state index contributed by atoms with van der Waals surface area (Å²) in [6.07, 6.45) is 0.889. The highest BCUT2D eigenvalue weighted by molar-refractivity contribution is 5.94. The Kier molecular flexibility index (Phi) is 6.36. The maximum atomic E-state index is 12.9. The molecule has 0 aromatic heterocycles. The van der Waals surface area contributed by atoms with Gasteiger partial charge in [-0.25, -0.2) is 4.39 Å². The molecule has 0 saturated carbocycles. The number of carbonyl (C=O) groups excluding carboxylic acids is 1. The van der Waals surface area contributed by atoms with Gasteiger partial charge in [-0.05, 0) is 43.3 Å². The Morgan fingerprint density at radius 2 is 1.85 bits per heavy atom. The summed E-state index contributed by atoms with van der Waals surface area (Å²) in [7, 11) is 2.16. The van der Waals surface area contributed by atoms with Gasteiger partial charge in [-0.2, -0.15) is 0 Å². The summed E-state index contributed by atoms with van der Waals surface area (Å²) in [5.74, 6) is -0.480. The van der Waals surface area contributed by atoms with Gasteiger partial charge in [0, 0.05) is 44.3 Å². The number of carbonyl (C=O) groups is 1.